The third-order valence-corrected chi connectivity index (χ3v) is 4.37. The van der Waals surface area contributed by atoms with Gasteiger partial charge in [0.15, 0.2) is 0 Å². The van der Waals surface area contributed by atoms with Gasteiger partial charge in [-0.3, -0.25) is 14.6 Å². The highest BCUT2D eigenvalue weighted by molar-refractivity contribution is 6.30. The van der Waals surface area contributed by atoms with E-state index in [9.17, 15) is 14.0 Å². The fraction of sp³-hybridized carbons (Fsp3) is 0.235. The highest BCUT2D eigenvalue weighted by atomic mass is 35.5. The van der Waals surface area contributed by atoms with Gasteiger partial charge < -0.3 is 10.2 Å². The maximum Gasteiger partial charge on any atom is 0.230 e. The average Bonchev–Trinajstić information content (AvgIpc) is 2.86. The normalized spacial score (nSPS) is 20.3. The van der Waals surface area contributed by atoms with Gasteiger partial charge in [-0.1, -0.05) is 17.7 Å². The Morgan fingerprint density at radius 2 is 2.21 bits per heavy atom. The molecule has 1 aliphatic heterocycles. The smallest absolute Gasteiger partial charge is 0.230 e. The average molecular weight is 348 g/mol. The lowest BCUT2D eigenvalue weighted by Crippen LogP contribution is -2.30. The van der Waals surface area contributed by atoms with Gasteiger partial charge in [-0.05, 0) is 29.8 Å². The number of rotatable bonds is 3. The molecule has 0 bridgehead atoms. The number of halogens is 2. The van der Waals surface area contributed by atoms with Crippen LogP contribution in [0.1, 0.15) is 18.0 Å². The van der Waals surface area contributed by atoms with E-state index in [1.807, 2.05) is 6.07 Å². The van der Waals surface area contributed by atoms with E-state index in [4.69, 9.17) is 11.6 Å². The SMILES string of the molecule is CN1C(=O)C[C@@H](C(=O)Nc2ccc(Cl)cc2F)[C@@H]1c1cccnc1. The summed E-state index contributed by atoms with van der Waals surface area (Å²) in [6.07, 6.45) is 3.32. The van der Waals surface area contributed by atoms with Crippen LogP contribution in [-0.4, -0.2) is 28.7 Å². The second-order valence-electron chi connectivity index (χ2n) is 5.66. The number of hydrogen-bond acceptors (Lipinski definition) is 3. The van der Waals surface area contributed by atoms with Gasteiger partial charge in [-0.2, -0.15) is 0 Å². The zero-order valence-corrected chi connectivity index (χ0v) is 13.6. The predicted molar refractivity (Wildman–Crippen MR) is 87.9 cm³/mol. The molecule has 7 heteroatoms. The largest absolute Gasteiger partial charge is 0.338 e. The number of nitrogens with one attached hydrogen (secondary N) is 1. The molecule has 2 amide bonds. The number of amides is 2. The Balaban J connectivity index is 1.86. The van der Waals surface area contributed by atoms with E-state index < -0.39 is 23.7 Å². The summed E-state index contributed by atoms with van der Waals surface area (Å²) in [5, 5.41) is 2.79. The van der Waals surface area contributed by atoms with E-state index >= 15 is 0 Å². The molecule has 0 aliphatic carbocycles. The van der Waals surface area contributed by atoms with Crippen molar-refractivity contribution in [2.45, 2.75) is 12.5 Å². The van der Waals surface area contributed by atoms with E-state index in [0.29, 0.717) is 0 Å². The van der Waals surface area contributed by atoms with E-state index in [0.717, 1.165) is 11.6 Å². The number of likely N-dealkylation sites (tertiary alicyclic amines) is 1. The van der Waals surface area contributed by atoms with Crippen LogP contribution in [0.3, 0.4) is 0 Å². The molecule has 1 saturated heterocycles. The molecule has 0 radical (unpaired) electrons. The Kier molecular flexibility index (Phi) is 4.49. The van der Waals surface area contributed by atoms with Gasteiger partial charge in [-0.15, -0.1) is 0 Å². The highest BCUT2D eigenvalue weighted by Crippen LogP contribution is 2.37. The molecule has 1 fully saturated rings. The second kappa shape index (κ2) is 6.57. The quantitative estimate of drug-likeness (QED) is 0.928. The number of carbonyl (C=O) groups excluding carboxylic acids is 2. The van der Waals surface area contributed by atoms with Crippen LogP contribution in [0, 0.1) is 11.7 Å². The zero-order chi connectivity index (χ0) is 17.3. The minimum Gasteiger partial charge on any atom is -0.338 e. The number of aromatic nitrogens is 1. The molecule has 3 rings (SSSR count). The van der Waals surface area contributed by atoms with E-state index in [1.165, 1.54) is 17.0 Å². The van der Waals surface area contributed by atoms with E-state index in [2.05, 4.69) is 10.3 Å². The van der Waals surface area contributed by atoms with Crippen molar-refractivity contribution in [2.24, 2.45) is 5.92 Å². The van der Waals surface area contributed by atoms with Crippen molar-refractivity contribution in [3.8, 4) is 0 Å². The second-order valence-corrected chi connectivity index (χ2v) is 6.10. The fourth-order valence-corrected chi connectivity index (χ4v) is 3.09. The van der Waals surface area contributed by atoms with Crippen LogP contribution >= 0.6 is 11.6 Å². The van der Waals surface area contributed by atoms with Crippen LogP contribution in [0.4, 0.5) is 10.1 Å². The molecule has 0 unspecified atom stereocenters. The molecule has 1 aromatic heterocycles. The highest BCUT2D eigenvalue weighted by Gasteiger charge is 2.42. The monoisotopic (exact) mass is 347 g/mol. The van der Waals surface area contributed by atoms with Gasteiger partial charge in [0.1, 0.15) is 5.82 Å². The first-order chi connectivity index (χ1) is 11.5. The molecule has 24 heavy (non-hydrogen) atoms. The molecule has 0 spiro atoms. The number of pyridine rings is 1. The van der Waals surface area contributed by atoms with Gasteiger partial charge in [0, 0.05) is 30.9 Å². The maximum atomic E-state index is 13.9. The Morgan fingerprint density at radius 1 is 1.42 bits per heavy atom. The fourth-order valence-electron chi connectivity index (χ4n) is 2.93. The zero-order valence-electron chi connectivity index (χ0n) is 12.9. The van der Waals surface area contributed by atoms with Crippen molar-refractivity contribution in [1.29, 1.82) is 0 Å². The lowest BCUT2D eigenvalue weighted by Gasteiger charge is -2.24. The number of anilines is 1. The van der Waals surface area contributed by atoms with Crippen molar-refractivity contribution >= 4 is 29.1 Å². The van der Waals surface area contributed by atoms with Crippen LogP contribution < -0.4 is 5.32 Å². The number of hydrogen-bond donors (Lipinski definition) is 1. The van der Waals surface area contributed by atoms with Crippen molar-refractivity contribution in [3.05, 3.63) is 59.1 Å². The van der Waals surface area contributed by atoms with Crippen LogP contribution in [-0.2, 0) is 9.59 Å². The molecular weight excluding hydrogens is 333 g/mol. The van der Waals surface area contributed by atoms with Crippen LogP contribution in [0.5, 0.6) is 0 Å². The number of carbonyl (C=O) groups is 2. The summed E-state index contributed by atoms with van der Waals surface area (Å²) < 4.78 is 13.9. The maximum absolute atomic E-state index is 13.9. The van der Waals surface area contributed by atoms with E-state index in [1.54, 1.807) is 25.5 Å². The molecule has 2 heterocycles. The molecular formula is C17H15ClFN3O2. The molecule has 1 aromatic carbocycles. The van der Waals surface area contributed by atoms with Gasteiger partial charge in [0.2, 0.25) is 11.8 Å². The first kappa shape index (κ1) is 16.4. The number of nitrogens with zero attached hydrogens (tertiary/aromatic N) is 2. The van der Waals surface area contributed by atoms with Crippen LogP contribution in [0.2, 0.25) is 5.02 Å². The third-order valence-electron chi connectivity index (χ3n) is 4.14. The molecule has 1 N–H and O–H groups in total. The lowest BCUT2D eigenvalue weighted by molar-refractivity contribution is -0.127. The van der Waals surface area contributed by atoms with Gasteiger partial charge in [-0.25, -0.2) is 4.39 Å². The standard InChI is InChI=1S/C17H15ClFN3O2/c1-22-15(23)8-12(16(22)10-3-2-6-20-9-10)17(24)21-14-5-4-11(18)7-13(14)19/h2-7,9,12,16H,8H2,1H3,(H,21,24)/t12-,16+/m1/s1. The summed E-state index contributed by atoms with van der Waals surface area (Å²) in [5.74, 6) is -1.79. The van der Waals surface area contributed by atoms with Crippen molar-refractivity contribution in [3.63, 3.8) is 0 Å². The van der Waals surface area contributed by atoms with Crippen LogP contribution in [0.15, 0.2) is 42.7 Å². The molecule has 1 aliphatic rings. The van der Waals surface area contributed by atoms with Crippen molar-refractivity contribution in [2.75, 3.05) is 12.4 Å². The van der Waals surface area contributed by atoms with Crippen LogP contribution in [0.25, 0.3) is 0 Å². The Labute approximate surface area is 143 Å². The third kappa shape index (κ3) is 3.10. The first-order valence-corrected chi connectivity index (χ1v) is 7.76. The summed E-state index contributed by atoms with van der Waals surface area (Å²) in [7, 11) is 1.65. The first-order valence-electron chi connectivity index (χ1n) is 7.39. The molecule has 2 atom stereocenters. The predicted octanol–water partition coefficient (Wildman–Crippen LogP) is 3.03. The van der Waals surface area contributed by atoms with E-state index in [-0.39, 0.29) is 23.0 Å². The van der Waals surface area contributed by atoms with Crippen molar-refractivity contribution in [1.82, 2.24) is 9.88 Å². The molecule has 2 aromatic rings. The minimum absolute atomic E-state index is 0.0383. The minimum atomic E-state index is -0.623. The summed E-state index contributed by atoms with van der Waals surface area (Å²) >= 11 is 5.71. The Hall–Kier alpha value is -2.47. The summed E-state index contributed by atoms with van der Waals surface area (Å²) in [6.45, 7) is 0. The van der Waals surface area contributed by atoms with Gasteiger partial charge in [0.05, 0.1) is 17.6 Å². The van der Waals surface area contributed by atoms with Crippen molar-refractivity contribution < 1.29 is 14.0 Å². The van der Waals surface area contributed by atoms with Gasteiger partial charge >= 0.3 is 0 Å². The summed E-state index contributed by atoms with van der Waals surface area (Å²) in [5.41, 5.74) is 0.805. The lowest BCUT2D eigenvalue weighted by atomic mass is 9.94. The Bertz CT molecular complexity index is 785. The Morgan fingerprint density at radius 3 is 2.88 bits per heavy atom. The number of benzene rings is 1. The van der Waals surface area contributed by atoms with Gasteiger partial charge in [0.25, 0.3) is 0 Å². The molecule has 0 saturated carbocycles. The summed E-state index contributed by atoms with van der Waals surface area (Å²) in [6, 6.07) is 7.15. The topological polar surface area (TPSA) is 62.3 Å². The summed E-state index contributed by atoms with van der Waals surface area (Å²) in [4.78, 5) is 30.3. The molecule has 5 nitrogen and oxygen atoms in total. The molecule has 124 valence electrons.